The van der Waals surface area contributed by atoms with Crippen molar-refractivity contribution in [2.75, 3.05) is 26.4 Å². The van der Waals surface area contributed by atoms with Gasteiger partial charge >= 0.3 is 0 Å². The highest BCUT2D eigenvalue weighted by molar-refractivity contribution is 7.98. The Hall–Kier alpha value is -1.83. The van der Waals surface area contributed by atoms with Crippen LogP contribution in [-0.2, 0) is 16.6 Å². The number of hydrogen-bond donors (Lipinski definition) is 0. The quantitative estimate of drug-likeness (QED) is 0.584. The molecule has 5 nitrogen and oxygen atoms in total. The third-order valence-corrected chi connectivity index (χ3v) is 8.15. The average molecular weight is 447 g/mol. The monoisotopic (exact) mass is 446 g/mol. The van der Waals surface area contributed by atoms with E-state index in [1.54, 1.807) is 25.2 Å². The summed E-state index contributed by atoms with van der Waals surface area (Å²) < 4.78 is 27.7. The third kappa shape index (κ3) is 4.90. The normalized spacial score (nSPS) is 14.7. The van der Waals surface area contributed by atoms with Gasteiger partial charge in [0.15, 0.2) is 0 Å². The molecule has 1 saturated heterocycles. The molecule has 0 spiro atoms. The van der Waals surface area contributed by atoms with E-state index in [4.69, 9.17) is 0 Å². The predicted molar refractivity (Wildman–Crippen MR) is 123 cm³/mol. The summed E-state index contributed by atoms with van der Waals surface area (Å²) in [7, 11) is -2.14. The summed E-state index contributed by atoms with van der Waals surface area (Å²) in [5.74, 6) is 0.350. The highest BCUT2D eigenvalue weighted by Gasteiger charge is 2.26. The number of amides is 1. The van der Waals surface area contributed by atoms with E-state index in [0.29, 0.717) is 11.5 Å². The summed E-state index contributed by atoms with van der Waals surface area (Å²) in [6.45, 7) is 6.00. The molecular weight excluding hydrogens is 416 g/mol. The van der Waals surface area contributed by atoms with Gasteiger partial charge in [-0.2, -0.15) is 4.31 Å². The molecule has 1 fully saturated rings. The van der Waals surface area contributed by atoms with Gasteiger partial charge < -0.3 is 4.90 Å². The summed E-state index contributed by atoms with van der Waals surface area (Å²) in [5, 5.41) is 0. The van der Waals surface area contributed by atoms with Crippen LogP contribution >= 0.6 is 11.8 Å². The van der Waals surface area contributed by atoms with Crippen LogP contribution in [-0.4, -0.2) is 49.9 Å². The van der Waals surface area contributed by atoms with E-state index in [-0.39, 0.29) is 17.3 Å². The van der Waals surface area contributed by atoms with Crippen LogP contribution in [0.5, 0.6) is 0 Å². The van der Waals surface area contributed by atoms with Crippen LogP contribution in [0.4, 0.5) is 0 Å². The van der Waals surface area contributed by atoms with Crippen LogP contribution in [0, 0.1) is 0 Å². The van der Waals surface area contributed by atoms with E-state index in [9.17, 15) is 13.2 Å². The van der Waals surface area contributed by atoms with Crippen LogP contribution in [0.2, 0.25) is 0 Å². The lowest BCUT2D eigenvalue weighted by Gasteiger charge is -2.20. The van der Waals surface area contributed by atoms with Gasteiger partial charge in [0.1, 0.15) is 0 Å². The molecule has 1 amide bonds. The average Bonchev–Trinajstić information content (AvgIpc) is 3.28. The van der Waals surface area contributed by atoms with Crippen molar-refractivity contribution in [3.05, 3.63) is 59.2 Å². The maximum absolute atomic E-state index is 13.2. The second kappa shape index (κ2) is 9.54. The fraction of sp³-hybridized carbons (Fsp3) is 0.435. The largest absolute Gasteiger partial charge is 0.339 e. The van der Waals surface area contributed by atoms with Crippen molar-refractivity contribution in [1.82, 2.24) is 9.21 Å². The molecule has 0 N–H and O–H groups in total. The van der Waals surface area contributed by atoms with Crippen molar-refractivity contribution in [2.24, 2.45) is 0 Å². The first-order chi connectivity index (χ1) is 14.2. The van der Waals surface area contributed by atoms with E-state index in [1.165, 1.54) is 21.6 Å². The van der Waals surface area contributed by atoms with Gasteiger partial charge in [-0.15, -0.1) is 11.8 Å². The first-order valence-corrected chi connectivity index (χ1v) is 12.9. The lowest BCUT2D eigenvalue weighted by molar-refractivity contribution is 0.0789. The van der Waals surface area contributed by atoms with Gasteiger partial charge in [0.2, 0.25) is 10.0 Å². The SMILES string of the molecule is CSc1ccc(S(=O)(=O)N(C)Cc2ccc(C(C)C)cc2)cc1C(=O)N1CCCC1. The molecule has 1 heterocycles. The van der Waals surface area contributed by atoms with Crippen molar-refractivity contribution in [3.8, 4) is 0 Å². The fourth-order valence-electron chi connectivity index (χ4n) is 3.64. The second-order valence-corrected chi connectivity index (χ2v) is 10.9. The number of rotatable bonds is 7. The number of carbonyl (C=O) groups excluding carboxylic acids is 1. The second-order valence-electron chi connectivity index (χ2n) is 8.02. The minimum absolute atomic E-state index is 0.0826. The van der Waals surface area contributed by atoms with E-state index < -0.39 is 10.0 Å². The number of hydrogen-bond acceptors (Lipinski definition) is 4. The fourth-order valence-corrected chi connectivity index (χ4v) is 5.39. The van der Waals surface area contributed by atoms with Crippen molar-refractivity contribution < 1.29 is 13.2 Å². The Morgan fingerprint density at radius 3 is 2.30 bits per heavy atom. The Balaban J connectivity index is 1.85. The Kier molecular flexibility index (Phi) is 7.26. The zero-order valence-electron chi connectivity index (χ0n) is 18.1. The molecule has 0 radical (unpaired) electrons. The van der Waals surface area contributed by atoms with Gasteiger partial charge in [0.05, 0.1) is 10.5 Å². The Morgan fingerprint density at radius 1 is 1.10 bits per heavy atom. The van der Waals surface area contributed by atoms with Crippen LogP contribution in [0.1, 0.15) is 54.1 Å². The number of sulfonamides is 1. The topological polar surface area (TPSA) is 57.7 Å². The minimum atomic E-state index is -3.71. The lowest BCUT2D eigenvalue weighted by Crippen LogP contribution is -2.29. The van der Waals surface area contributed by atoms with E-state index >= 15 is 0 Å². The van der Waals surface area contributed by atoms with Gasteiger partial charge in [0.25, 0.3) is 5.91 Å². The molecule has 2 aromatic carbocycles. The first-order valence-electron chi connectivity index (χ1n) is 10.3. The van der Waals surface area contributed by atoms with Gasteiger partial charge in [0, 0.05) is 31.6 Å². The summed E-state index contributed by atoms with van der Waals surface area (Å²) in [6, 6.07) is 12.9. The molecule has 162 valence electrons. The van der Waals surface area contributed by atoms with E-state index in [1.807, 2.05) is 35.4 Å². The third-order valence-electron chi connectivity index (χ3n) is 5.55. The standard InChI is InChI=1S/C23H30N2O3S2/c1-17(2)19-9-7-18(8-10-19)16-24(3)30(27,28)20-11-12-22(29-4)21(15-20)23(26)25-13-5-6-14-25/h7-12,15,17H,5-6,13-14,16H2,1-4H3. The summed E-state index contributed by atoms with van der Waals surface area (Å²) in [6.07, 6.45) is 3.89. The molecule has 30 heavy (non-hydrogen) atoms. The van der Waals surface area contributed by atoms with Crippen LogP contribution in [0.3, 0.4) is 0 Å². The molecule has 1 aliphatic heterocycles. The Bertz CT molecular complexity index is 996. The molecule has 1 aliphatic rings. The highest BCUT2D eigenvalue weighted by Crippen LogP contribution is 2.28. The molecule has 0 atom stereocenters. The Labute approximate surface area is 184 Å². The van der Waals surface area contributed by atoms with Crippen LogP contribution in [0.25, 0.3) is 0 Å². The number of thioether (sulfide) groups is 1. The van der Waals surface area contributed by atoms with Crippen molar-refractivity contribution >= 4 is 27.7 Å². The number of benzene rings is 2. The molecule has 0 saturated carbocycles. The summed E-state index contributed by atoms with van der Waals surface area (Å²) >= 11 is 1.46. The number of likely N-dealkylation sites (tertiary alicyclic amines) is 1. The molecule has 0 bridgehead atoms. The lowest BCUT2D eigenvalue weighted by atomic mass is 10.0. The zero-order valence-corrected chi connectivity index (χ0v) is 19.7. The molecule has 0 aromatic heterocycles. The van der Waals surface area contributed by atoms with Crippen LogP contribution in [0.15, 0.2) is 52.3 Å². The van der Waals surface area contributed by atoms with Gasteiger partial charge in [-0.05, 0) is 54.3 Å². The Morgan fingerprint density at radius 2 is 1.73 bits per heavy atom. The van der Waals surface area contributed by atoms with Crippen molar-refractivity contribution in [2.45, 2.75) is 48.9 Å². The predicted octanol–water partition coefficient (Wildman–Crippen LogP) is 4.59. The molecule has 7 heteroatoms. The minimum Gasteiger partial charge on any atom is -0.339 e. The van der Waals surface area contributed by atoms with E-state index in [0.717, 1.165) is 36.4 Å². The number of nitrogens with zero attached hydrogens (tertiary/aromatic N) is 2. The van der Waals surface area contributed by atoms with Crippen molar-refractivity contribution in [3.63, 3.8) is 0 Å². The van der Waals surface area contributed by atoms with E-state index in [2.05, 4.69) is 13.8 Å². The maximum atomic E-state index is 13.2. The zero-order chi connectivity index (χ0) is 21.9. The smallest absolute Gasteiger partial charge is 0.255 e. The molecule has 3 rings (SSSR count). The summed E-state index contributed by atoms with van der Waals surface area (Å²) in [4.78, 5) is 15.7. The van der Waals surface area contributed by atoms with Crippen molar-refractivity contribution in [1.29, 1.82) is 0 Å². The first kappa shape index (κ1) is 22.8. The molecule has 2 aromatic rings. The van der Waals surface area contributed by atoms with Gasteiger partial charge in [-0.3, -0.25) is 4.79 Å². The highest BCUT2D eigenvalue weighted by atomic mass is 32.2. The molecular formula is C23H30N2O3S2. The summed E-state index contributed by atoms with van der Waals surface area (Å²) in [5.41, 5.74) is 2.63. The molecule has 0 unspecified atom stereocenters. The van der Waals surface area contributed by atoms with Gasteiger partial charge in [-0.1, -0.05) is 38.1 Å². The maximum Gasteiger partial charge on any atom is 0.255 e. The molecule has 0 aliphatic carbocycles. The number of carbonyl (C=O) groups is 1. The van der Waals surface area contributed by atoms with Crippen LogP contribution < -0.4 is 0 Å². The van der Waals surface area contributed by atoms with Gasteiger partial charge in [-0.25, -0.2) is 8.42 Å².